The van der Waals surface area contributed by atoms with E-state index in [4.69, 9.17) is 0 Å². The van der Waals surface area contributed by atoms with Gasteiger partial charge in [-0.25, -0.2) is 0 Å². The third-order valence-electron chi connectivity index (χ3n) is 4.47. The lowest BCUT2D eigenvalue weighted by Crippen LogP contribution is -2.35. The highest BCUT2D eigenvalue weighted by Gasteiger charge is 2.18. The van der Waals surface area contributed by atoms with Crippen LogP contribution in [0.4, 0.5) is 0 Å². The second-order valence-electron chi connectivity index (χ2n) is 6.48. The van der Waals surface area contributed by atoms with E-state index in [2.05, 4.69) is 4.98 Å². The molecule has 2 aromatic carbocycles. The number of fused-ring (bicyclic) bond motifs is 1. The summed E-state index contributed by atoms with van der Waals surface area (Å²) < 4.78 is 0. The molecule has 0 saturated heterocycles. The van der Waals surface area contributed by atoms with Gasteiger partial charge in [0.1, 0.15) is 0 Å². The Morgan fingerprint density at radius 1 is 1.12 bits per heavy atom. The Morgan fingerprint density at radius 2 is 1.88 bits per heavy atom. The van der Waals surface area contributed by atoms with Crippen molar-refractivity contribution in [3.63, 3.8) is 0 Å². The van der Waals surface area contributed by atoms with E-state index in [0.717, 1.165) is 22.0 Å². The van der Waals surface area contributed by atoms with Crippen molar-refractivity contribution in [2.24, 2.45) is 0 Å². The molecule has 0 radical (unpaired) electrons. The predicted molar refractivity (Wildman–Crippen MR) is 102 cm³/mol. The lowest BCUT2D eigenvalue weighted by molar-refractivity contribution is 0.0706. The molecule has 0 fully saturated rings. The van der Waals surface area contributed by atoms with E-state index in [1.165, 1.54) is 4.90 Å². The number of aliphatic hydroxyl groups excluding tert-OH is 1. The maximum absolute atomic E-state index is 12.9. The van der Waals surface area contributed by atoms with Gasteiger partial charge in [0.25, 0.3) is 11.5 Å². The van der Waals surface area contributed by atoms with Crippen molar-refractivity contribution in [3.8, 4) is 0 Å². The second-order valence-corrected chi connectivity index (χ2v) is 6.48. The molecule has 3 aromatic rings. The molecule has 3 rings (SSSR count). The van der Waals surface area contributed by atoms with Crippen LogP contribution in [0.1, 0.15) is 27.0 Å². The molecule has 5 nitrogen and oxygen atoms in total. The topological polar surface area (TPSA) is 73.4 Å². The molecule has 134 valence electrons. The van der Waals surface area contributed by atoms with E-state index in [0.29, 0.717) is 11.1 Å². The summed E-state index contributed by atoms with van der Waals surface area (Å²) in [5, 5.41) is 10.3. The number of pyridine rings is 1. The SMILES string of the molecule is Cc1ccc2cc(CN(CCO)C(=O)c3ccccc3C)c(=O)[nH]c2c1. The minimum absolute atomic E-state index is 0.146. The average Bonchev–Trinajstić information content (AvgIpc) is 2.62. The van der Waals surface area contributed by atoms with E-state index < -0.39 is 0 Å². The van der Waals surface area contributed by atoms with E-state index >= 15 is 0 Å². The monoisotopic (exact) mass is 350 g/mol. The number of aliphatic hydroxyl groups is 1. The molecule has 1 heterocycles. The zero-order chi connectivity index (χ0) is 18.7. The predicted octanol–water partition coefficient (Wildman–Crippen LogP) is 2.78. The van der Waals surface area contributed by atoms with Gasteiger partial charge in [0.05, 0.1) is 13.2 Å². The summed E-state index contributed by atoms with van der Waals surface area (Å²) in [6.45, 7) is 3.98. The molecule has 0 atom stereocenters. The molecule has 5 heteroatoms. The van der Waals surface area contributed by atoms with Gasteiger partial charge >= 0.3 is 0 Å². The summed E-state index contributed by atoms with van der Waals surface area (Å²) in [7, 11) is 0. The summed E-state index contributed by atoms with van der Waals surface area (Å²) in [4.78, 5) is 29.7. The van der Waals surface area contributed by atoms with E-state index in [-0.39, 0.29) is 31.2 Å². The van der Waals surface area contributed by atoms with Crippen LogP contribution < -0.4 is 5.56 Å². The summed E-state index contributed by atoms with van der Waals surface area (Å²) in [5.41, 5.74) is 3.56. The number of aryl methyl sites for hydroxylation is 2. The molecular weight excluding hydrogens is 328 g/mol. The largest absolute Gasteiger partial charge is 0.395 e. The van der Waals surface area contributed by atoms with Gasteiger partial charge in [0, 0.05) is 23.2 Å². The first-order valence-electron chi connectivity index (χ1n) is 8.58. The molecule has 2 N–H and O–H groups in total. The van der Waals surface area contributed by atoms with Gasteiger partial charge in [-0.15, -0.1) is 0 Å². The first-order valence-corrected chi connectivity index (χ1v) is 8.58. The Balaban J connectivity index is 1.95. The number of hydrogen-bond donors (Lipinski definition) is 2. The third-order valence-corrected chi connectivity index (χ3v) is 4.47. The molecule has 1 amide bonds. The Bertz CT molecular complexity index is 1010. The van der Waals surface area contributed by atoms with Crippen molar-refractivity contribution in [1.29, 1.82) is 0 Å². The molecule has 0 aliphatic rings. The zero-order valence-electron chi connectivity index (χ0n) is 15.0. The molecule has 1 aromatic heterocycles. The number of carbonyl (C=O) groups is 1. The van der Waals surface area contributed by atoms with Crippen molar-refractivity contribution >= 4 is 16.8 Å². The Kier molecular flexibility index (Phi) is 5.19. The van der Waals surface area contributed by atoms with Crippen LogP contribution in [-0.4, -0.2) is 34.0 Å². The molecule has 0 aliphatic carbocycles. The van der Waals surface area contributed by atoms with E-state index in [1.807, 2.05) is 56.3 Å². The molecular formula is C21H22N2O3. The van der Waals surface area contributed by atoms with Gasteiger partial charge in [0.15, 0.2) is 0 Å². The van der Waals surface area contributed by atoms with E-state index in [1.54, 1.807) is 6.07 Å². The summed E-state index contributed by atoms with van der Waals surface area (Å²) in [6, 6.07) is 15.0. The number of aromatic amines is 1. The molecule has 0 aliphatic heterocycles. The van der Waals surface area contributed by atoms with Crippen LogP contribution in [0, 0.1) is 13.8 Å². The maximum Gasteiger partial charge on any atom is 0.254 e. The van der Waals surface area contributed by atoms with Crippen LogP contribution in [-0.2, 0) is 6.54 Å². The van der Waals surface area contributed by atoms with Crippen molar-refractivity contribution in [2.75, 3.05) is 13.2 Å². The fourth-order valence-electron chi connectivity index (χ4n) is 3.04. The van der Waals surface area contributed by atoms with Crippen molar-refractivity contribution in [3.05, 3.63) is 81.1 Å². The van der Waals surface area contributed by atoms with Gasteiger partial charge in [-0.3, -0.25) is 9.59 Å². The molecule has 26 heavy (non-hydrogen) atoms. The Hall–Kier alpha value is -2.92. The highest BCUT2D eigenvalue weighted by atomic mass is 16.3. The first kappa shape index (κ1) is 17.9. The van der Waals surface area contributed by atoms with Crippen LogP contribution in [0.15, 0.2) is 53.3 Å². The van der Waals surface area contributed by atoms with Gasteiger partial charge in [-0.1, -0.05) is 30.3 Å². The minimum Gasteiger partial charge on any atom is -0.395 e. The van der Waals surface area contributed by atoms with Gasteiger partial charge in [0.2, 0.25) is 0 Å². The average molecular weight is 350 g/mol. The maximum atomic E-state index is 12.9. The summed E-state index contributed by atoms with van der Waals surface area (Å²) in [6.07, 6.45) is 0. The lowest BCUT2D eigenvalue weighted by Gasteiger charge is -2.22. The van der Waals surface area contributed by atoms with Crippen molar-refractivity contribution < 1.29 is 9.90 Å². The zero-order valence-corrected chi connectivity index (χ0v) is 15.0. The highest BCUT2D eigenvalue weighted by molar-refractivity contribution is 5.95. The van der Waals surface area contributed by atoms with E-state index in [9.17, 15) is 14.7 Å². The van der Waals surface area contributed by atoms with Crippen LogP contribution in [0.3, 0.4) is 0 Å². The second kappa shape index (κ2) is 7.54. The Morgan fingerprint density at radius 3 is 2.62 bits per heavy atom. The highest BCUT2D eigenvalue weighted by Crippen LogP contribution is 2.16. The quantitative estimate of drug-likeness (QED) is 0.743. The van der Waals surface area contributed by atoms with Crippen molar-refractivity contribution in [2.45, 2.75) is 20.4 Å². The third kappa shape index (κ3) is 3.68. The smallest absolute Gasteiger partial charge is 0.254 e. The fraction of sp³-hybridized carbons (Fsp3) is 0.238. The Labute approximate surface area is 151 Å². The number of nitrogens with zero attached hydrogens (tertiary/aromatic N) is 1. The summed E-state index contributed by atoms with van der Waals surface area (Å²) >= 11 is 0. The number of aromatic nitrogens is 1. The van der Waals surface area contributed by atoms with Crippen LogP contribution >= 0.6 is 0 Å². The van der Waals surface area contributed by atoms with Crippen molar-refractivity contribution in [1.82, 2.24) is 9.88 Å². The fourth-order valence-corrected chi connectivity index (χ4v) is 3.04. The van der Waals surface area contributed by atoms with Crippen LogP contribution in [0.5, 0.6) is 0 Å². The number of benzene rings is 2. The molecule has 0 saturated carbocycles. The van der Waals surface area contributed by atoms with Crippen LogP contribution in [0.25, 0.3) is 10.9 Å². The molecule has 0 unspecified atom stereocenters. The minimum atomic E-state index is -0.219. The number of rotatable bonds is 5. The molecule has 0 spiro atoms. The number of hydrogen-bond acceptors (Lipinski definition) is 3. The number of nitrogens with one attached hydrogen (secondary N) is 1. The van der Waals surface area contributed by atoms with Gasteiger partial charge in [-0.2, -0.15) is 0 Å². The van der Waals surface area contributed by atoms with Gasteiger partial charge in [-0.05, 0) is 48.6 Å². The normalized spacial score (nSPS) is 10.9. The number of carbonyl (C=O) groups excluding carboxylic acids is 1. The lowest BCUT2D eigenvalue weighted by atomic mass is 10.1. The van der Waals surface area contributed by atoms with Gasteiger partial charge < -0.3 is 15.0 Å². The first-order chi connectivity index (χ1) is 12.5. The van der Waals surface area contributed by atoms with Crippen LogP contribution in [0.2, 0.25) is 0 Å². The number of H-pyrrole nitrogens is 1. The number of amides is 1. The standard InChI is InChI=1S/C21H22N2O3/c1-14-7-8-16-12-17(20(25)22-19(16)11-14)13-23(9-10-24)21(26)18-6-4-3-5-15(18)2/h3-8,11-12,24H,9-10,13H2,1-2H3,(H,22,25). The molecule has 0 bridgehead atoms. The summed E-state index contributed by atoms with van der Waals surface area (Å²) in [5.74, 6) is -0.194.